The second-order valence-electron chi connectivity index (χ2n) is 4.71. The number of nitro groups is 1. The predicted molar refractivity (Wildman–Crippen MR) is 88.4 cm³/mol. The number of nitro benzene ring substituents is 1. The van der Waals surface area contributed by atoms with Crippen molar-refractivity contribution < 1.29 is 24.0 Å². The summed E-state index contributed by atoms with van der Waals surface area (Å²) < 4.78 is 10.2. The molecule has 0 saturated carbocycles. The van der Waals surface area contributed by atoms with Gasteiger partial charge >= 0.3 is 5.97 Å². The van der Waals surface area contributed by atoms with Crippen LogP contribution in [0.3, 0.4) is 0 Å². The Bertz CT molecular complexity index is 771. The summed E-state index contributed by atoms with van der Waals surface area (Å²) in [4.78, 5) is 26.3. The first kappa shape index (κ1) is 17.7. The molecule has 0 saturated heterocycles. The molecule has 0 aromatic heterocycles. The lowest BCUT2D eigenvalue weighted by molar-refractivity contribution is -0.384. The fourth-order valence-corrected chi connectivity index (χ4v) is 1.75. The number of carbonyl (C=O) groups is 1. The first-order valence-corrected chi connectivity index (χ1v) is 7.04. The third-order valence-electron chi connectivity index (χ3n) is 3.04. The molecule has 0 amide bonds. The molecule has 2 rings (SSSR count). The standard InChI is InChI=1S/C16H15N3O6/c1-23-13-6-8-14(9-7-13)24-10-15(20)25-18-16(17)11-2-4-12(5-3-11)19(21)22/h2-9H,10H2,1H3,(H2,17,18). The number of methoxy groups -OCH3 is 1. The highest BCUT2D eigenvalue weighted by molar-refractivity contribution is 5.97. The molecule has 0 aliphatic rings. The van der Waals surface area contributed by atoms with Crippen LogP contribution >= 0.6 is 0 Å². The highest BCUT2D eigenvalue weighted by Gasteiger charge is 2.08. The van der Waals surface area contributed by atoms with Crippen LogP contribution in [-0.4, -0.2) is 30.4 Å². The van der Waals surface area contributed by atoms with Gasteiger partial charge in [-0.05, 0) is 36.4 Å². The van der Waals surface area contributed by atoms with Crippen molar-refractivity contribution in [3.63, 3.8) is 0 Å². The van der Waals surface area contributed by atoms with E-state index in [1.165, 1.54) is 24.3 Å². The number of oxime groups is 1. The zero-order valence-electron chi connectivity index (χ0n) is 13.2. The van der Waals surface area contributed by atoms with E-state index in [-0.39, 0.29) is 18.1 Å². The molecule has 0 bridgehead atoms. The van der Waals surface area contributed by atoms with Crippen molar-refractivity contribution in [1.82, 2.24) is 0 Å². The normalized spacial score (nSPS) is 10.8. The lowest BCUT2D eigenvalue weighted by Crippen LogP contribution is -2.18. The number of hydrogen-bond donors (Lipinski definition) is 1. The summed E-state index contributed by atoms with van der Waals surface area (Å²) in [5.41, 5.74) is 5.96. The molecule has 0 spiro atoms. The monoisotopic (exact) mass is 345 g/mol. The quantitative estimate of drug-likeness (QED) is 0.267. The topological polar surface area (TPSA) is 126 Å². The maximum Gasteiger partial charge on any atom is 0.372 e. The Morgan fingerprint density at radius 1 is 1.12 bits per heavy atom. The Morgan fingerprint density at radius 3 is 2.28 bits per heavy atom. The molecule has 0 atom stereocenters. The molecule has 0 heterocycles. The van der Waals surface area contributed by atoms with Crippen molar-refractivity contribution in [2.45, 2.75) is 0 Å². The van der Waals surface area contributed by atoms with E-state index in [0.29, 0.717) is 17.1 Å². The predicted octanol–water partition coefficient (Wildman–Crippen LogP) is 1.85. The molecule has 130 valence electrons. The average molecular weight is 345 g/mol. The van der Waals surface area contributed by atoms with Gasteiger partial charge in [-0.1, -0.05) is 5.16 Å². The van der Waals surface area contributed by atoms with E-state index in [4.69, 9.17) is 15.2 Å². The molecule has 0 fully saturated rings. The highest BCUT2D eigenvalue weighted by Crippen LogP contribution is 2.17. The van der Waals surface area contributed by atoms with Gasteiger partial charge in [0.2, 0.25) is 0 Å². The molecule has 0 unspecified atom stereocenters. The minimum atomic E-state index is -0.749. The molecule has 0 aliphatic carbocycles. The zero-order valence-corrected chi connectivity index (χ0v) is 13.2. The maximum atomic E-state index is 11.6. The van der Waals surface area contributed by atoms with E-state index < -0.39 is 10.9 Å². The average Bonchev–Trinajstić information content (AvgIpc) is 2.64. The molecular weight excluding hydrogens is 330 g/mol. The number of carbonyl (C=O) groups excluding carboxylic acids is 1. The van der Waals surface area contributed by atoms with Crippen LogP contribution in [0.1, 0.15) is 5.56 Å². The van der Waals surface area contributed by atoms with E-state index >= 15 is 0 Å². The van der Waals surface area contributed by atoms with Crippen LogP contribution in [-0.2, 0) is 9.63 Å². The number of nitrogens with two attached hydrogens (primary N) is 1. The van der Waals surface area contributed by atoms with E-state index in [9.17, 15) is 14.9 Å². The summed E-state index contributed by atoms with van der Waals surface area (Å²) in [7, 11) is 1.54. The number of non-ortho nitro benzene ring substituents is 1. The Labute approximate surface area is 142 Å². The van der Waals surface area contributed by atoms with Crippen molar-refractivity contribution in [3.05, 3.63) is 64.2 Å². The van der Waals surface area contributed by atoms with Gasteiger partial charge in [0.05, 0.1) is 12.0 Å². The van der Waals surface area contributed by atoms with Crippen LogP contribution in [0.4, 0.5) is 5.69 Å². The van der Waals surface area contributed by atoms with Gasteiger partial charge in [0.15, 0.2) is 12.4 Å². The summed E-state index contributed by atoms with van der Waals surface area (Å²) >= 11 is 0. The van der Waals surface area contributed by atoms with Crippen molar-refractivity contribution in [2.75, 3.05) is 13.7 Å². The molecule has 9 heteroatoms. The van der Waals surface area contributed by atoms with Crippen molar-refractivity contribution in [2.24, 2.45) is 10.9 Å². The SMILES string of the molecule is COc1ccc(OCC(=O)O/N=C(/N)c2ccc([N+](=O)[O-])cc2)cc1. The van der Waals surface area contributed by atoms with Crippen LogP contribution in [0.5, 0.6) is 11.5 Å². The third kappa shape index (κ3) is 5.20. The van der Waals surface area contributed by atoms with E-state index in [1.807, 2.05) is 0 Å². The minimum absolute atomic E-state index is 0.0820. The number of benzene rings is 2. The summed E-state index contributed by atoms with van der Waals surface area (Å²) in [6.45, 7) is -0.358. The highest BCUT2D eigenvalue weighted by atomic mass is 16.7. The smallest absolute Gasteiger partial charge is 0.372 e. The fraction of sp³-hybridized carbons (Fsp3) is 0.125. The first-order chi connectivity index (χ1) is 12.0. The number of rotatable bonds is 7. The molecular formula is C16H15N3O6. The molecule has 9 nitrogen and oxygen atoms in total. The van der Waals surface area contributed by atoms with Gasteiger partial charge in [0.25, 0.3) is 5.69 Å². The summed E-state index contributed by atoms with van der Waals surface area (Å²) in [6, 6.07) is 12.0. The fourth-order valence-electron chi connectivity index (χ4n) is 1.75. The van der Waals surface area contributed by atoms with Gasteiger partial charge in [0, 0.05) is 17.7 Å². The van der Waals surface area contributed by atoms with Crippen molar-refractivity contribution >= 4 is 17.5 Å². The summed E-state index contributed by atoms with van der Waals surface area (Å²) in [5, 5.41) is 14.1. The number of hydrogen-bond acceptors (Lipinski definition) is 7. The lowest BCUT2D eigenvalue weighted by atomic mass is 10.2. The lowest BCUT2D eigenvalue weighted by Gasteiger charge is -2.05. The van der Waals surface area contributed by atoms with Crippen LogP contribution in [0.25, 0.3) is 0 Å². The van der Waals surface area contributed by atoms with Crippen molar-refractivity contribution in [1.29, 1.82) is 0 Å². The Balaban J connectivity index is 1.86. The molecule has 0 radical (unpaired) electrons. The van der Waals surface area contributed by atoms with Crippen molar-refractivity contribution in [3.8, 4) is 11.5 Å². The Morgan fingerprint density at radius 2 is 1.72 bits per heavy atom. The van der Waals surface area contributed by atoms with Gasteiger partial charge in [-0.15, -0.1) is 0 Å². The van der Waals surface area contributed by atoms with Gasteiger partial charge in [-0.25, -0.2) is 4.79 Å². The summed E-state index contributed by atoms with van der Waals surface area (Å²) in [6.07, 6.45) is 0. The third-order valence-corrected chi connectivity index (χ3v) is 3.04. The second-order valence-corrected chi connectivity index (χ2v) is 4.71. The van der Waals surface area contributed by atoms with E-state index in [0.717, 1.165) is 0 Å². The molecule has 0 aliphatic heterocycles. The number of ether oxygens (including phenoxy) is 2. The minimum Gasteiger partial charge on any atom is -0.497 e. The van der Waals surface area contributed by atoms with Gasteiger partial charge in [-0.2, -0.15) is 0 Å². The first-order valence-electron chi connectivity index (χ1n) is 7.04. The van der Waals surface area contributed by atoms with Gasteiger partial charge in [-0.3, -0.25) is 10.1 Å². The molecule has 2 aromatic rings. The van der Waals surface area contributed by atoms with Gasteiger partial charge in [0.1, 0.15) is 11.5 Å². The Hall–Kier alpha value is -3.62. The number of amidine groups is 1. The number of nitrogens with zero attached hydrogens (tertiary/aromatic N) is 2. The van der Waals surface area contributed by atoms with Gasteiger partial charge < -0.3 is 20.0 Å². The van der Waals surface area contributed by atoms with Crippen LogP contribution in [0.15, 0.2) is 53.7 Å². The molecule has 2 N–H and O–H groups in total. The van der Waals surface area contributed by atoms with E-state index in [2.05, 4.69) is 9.99 Å². The van der Waals surface area contributed by atoms with E-state index in [1.54, 1.807) is 31.4 Å². The second kappa shape index (κ2) is 8.29. The molecule has 25 heavy (non-hydrogen) atoms. The van der Waals surface area contributed by atoms with Crippen LogP contribution in [0.2, 0.25) is 0 Å². The van der Waals surface area contributed by atoms with Crippen LogP contribution < -0.4 is 15.2 Å². The Kier molecular flexibility index (Phi) is 5.88. The maximum absolute atomic E-state index is 11.6. The summed E-state index contributed by atoms with van der Waals surface area (Å²) in [5.74, 6) is 0.286. The van der Waals surface area contributed by atoms with Crippen LogP contribution in [0, 0.1) is 10.1 Å². The zero-order chi connectivity index (χ0) is 18.2. The largest absolute Gasteiger partial charge is 0.497 e. The molecule has 2 aromatic carbocycles.